The summed E-state index contributed by atoms with van der Waals surface area (Å²) in [4.78, 5) is 19.0. The second-order valence-corrected chi connectivity index (χ2v) is 5.93. The standard InChI is InChI=1S/C13H20N2O2S/c1-3-4-5-8-15(2)13-14-11-9(12(16)17)6-7-10(11)18-13/h9H,3-8H2,1-2H3,(H,16,17). The second kappa shape index (κ2) is 5.69. The first kappa shape index (κ1) is 13.3. The number of carboxylic acids is 1. The maximum absolute atomic E-state index is 11.1. The van der Waals surface area contributed by atoms with Crippen LogP contribution in [-0.2, 0) is 11.2 Å². The number of hydrogen-bond acceptors (Lipinski definition) is 4. The van der Waals surface area contributed by atoms with Crippen LogP contribution in [-0.4, -0.2) is 29.7 Å². The van der Waals surface area contributed by atoms with Gasteiger partial charge in [0, 0.05) is 18.5 Å². The van der Waals surface area contributed by atoms with Crippen molar-refractivity contribution in [2.24, 2.45) is 0 Å². The van der Waals surface area contributed by atoms with Crippen LogP contribution in [0.2, 0.25) is 0 Å². The van der Waals surface area contributed by atoms with Crippen molar-refractivity contribution in [1.29, 1.82) is 0 Å². The smallest absolute Gasteiger partial charge is 0.312 e. The number of aryl methyl sites for hydroxylation is 1. The molecule has 1 heterocycles. The Bertz CT molecular complexity index is 431. The van der Waals surface area contributed by atoms with Crippen molar-refractivity contribution in [2.75, 3.05) is 18.5 Å². The van der Waals surface area contributed by atoms with E-state index in [0.29, 0.717) is 6.42 Å². The van der Waals surface area contributed by atoms with Crippen LogP contribution in [0.25, 0.3) is 0 Å². The fourth-order valence-corrected chi connectivity index (χ4v) is 3.44. The van der Waals surface area contributed by atoms with E-state index in [2.05, 4.69) is 16.8 Å². The SMILES string of the molecule is CCCCCN(C)c1nc2c(s1)CCC2C(=O)O. The molecular formula is C13H20N2O2S. The second-order valence-electron chi connectivity index (χ2n) is 4.86. The Morgan fingerprint density at radius 1 is 1.56 bits per heavy atom. The molecule has 0 aliphatic heterocycles. The molecule has 1 aliphatic rings. The molecule has 0 saturated carbocycles. The minimum Gasteiger partial charge on any atom is -0.481 e. The molecule has 2 rings (SSSR count). The molecule has 0 bridgehead atoms. The molecule has 18 heavy (non-hydrogen) atoms. The lowest BCUT2D eigenvalue weighted by Gasteiger charge is -2.15. The van der Waals surface area contributed by atoms with Gasteiger partial charge in [-0.1, -0.05) is 19.8 Å². The molecule has 0 saturated heterocycles. The van der Waals surface area contributed by atoms with Crippen molar-refractivity contribution < 1.29 is 9.90 Å². The van der Waals surface area contributed by atoms with Gasteiger partial charge in [0.2, 0.25) is 0 Å². The molecule has 0 amide bonds. The molecule has 1 aromatic heterocycles. The fraction of sp³-hybridized carbons (Fsp3) is 0.692. The predicted octanol–water partition coefficient (Wildman–Crippen LogP) is 2.88. The Morgan fingerprint density at radius 3 is 3.00 bits per heavy atom. The number of aliphatic carboxylic acids is 1. The van der Waals surface area contributed by atoms with Gasteiger partial charge < -0.3 is 10.0 Å². The summed E-state index contributed by atoms with van der Waals surface area (Å²) in [5.41, 5.74) is 0.810. The van der Waals surface area contributed by atoms with Gasteiger partial charge in [0.25, 0.3) is 0 Å². The molecule has 1 aliphatic carbocycles. The van der Waals surface area contributed by atoms with E-state index in [-0.39, 0.29) is 5.92 Å². The van der Waals surface area contributed by atoms with Gasteiger partial charge in [0.15, 0.2) is 5.13 Å². The van der Waals surface area contributed by atoms with E-state index in [1.807, 2.05) is 7.05 Å². The minimum atomic E-state index is -0.737. The number of anilines is 1. The van der Waals surface area contributed by atoms with Crippen molar-refractivity contribution in [1.82, 2.24) is 4.98 Å². The van der Waals surface area contributed by atoms with Crippen LogP contribution in [0.5, 0.6) is 0 Å². The van der Waals surface area contributed by atoms with Crippen molar-refractivity contribution in [3.63, 3.8) is 0 Å². The first-order chi connectivity index (χ1) is 8.63. The normalized spacial score (nSPS) is 17.8. The highest BCUT2D eigenvalue weighted by molar-refractivity contribution is 7.15. The van der Waals surface area contributed by atoms with Crippen LogP contribution in [0.15, 0.2) is 0 Å². The highest BCUT2D eigenvalue weighted by atomic mass is 32.1. The summed E-state index contributed by atoms with van der Waals surface area (Å²) in [5.74, 6) is -1.12. The van der Waals surface area contributed by atoms with Gasteiger partial charge in [0.05, 0.1) is 5.69 Å². The molecule has 1 aromatic rings. The summed E-state index contributed by atoms with van der Waals surface area (Å²) in [7, 11) is 2.04. The number of nitrogens with zero attached hydrogens (tertiary/aromatic N) is 2. The van der Waals surface area contributed by atoms with Crippen molar-refractivity contribution in [3.8, 4) is 0 Å². The molecule has 0 radical (unpaired) electrons. The van der Waals surface area contributed by atoms with Gasteiger partial charge in [-0.15, -0.1) is 11.3 Å². The molecule has 1 N–H and O–H groups in total. The van der Waals surface area contributed by atoms with Crippen LogP contribution in [0.3, 0.4) is 0 Å². The maximum Gasteiger partial charge on any atom is 0.312 e. The number of hydrogen-bond donors (Lipinski definition) is 1. The Hall–Kier alpha value is -1.10. The van der Waals surface area contributed by atoms with E-state index in [0.717, 1.165) is 23.8 Å². The molecular weight excluding hydrogens is 248 g/mol. The summed E-state index contributed by atoms with van der Waals surface area (Å²) in [6.45, 7) is 3.19. The minimum absolute atomic E-state index is 0.381. The molecule has 100 valence electrons. The molecule has 4 nitrogen and oxygen atoms in total. The van der Waals surface area contributed by atoms with E-state index < -0.39 is 5.97 Å². The molecule has 0 fully saturated rings. The highest BCUT2D eigenvalue weighted by Crippen LogP contribution is 2.39. The molecule has 1 atom stereocenters. The van der Waals surface area contributed by atoms with Crippen LogP contribution in [0, 0.1) is 0 Å². The zero-order chi connectivity index (χ0) is 13.1. The topological polar surface area (TPSA) is 53.4 Å². The number of unbranched alkanes of at least 4 members (excludes halogenated alkanes) is 2. The third kappa shape index (κ3) is 2.66. The first-order valence-corrected chi connectivity index (χ1v) is 7.38. The van der Waals surface area contributed by atoms with Crippen LogP contribution >= 0.6 is 11.3 Å². The van der Waals surface area contributed by atoms with Crippen molar-refractivity contribution >= 4 is 22.4 Å². The number of aromatic nitrogens is 1. The lowest BCUT2D eigenvalue weighted by atomic mass is 10.1. The first-order valence-electron chi connectivity index (χ1n) is 6.57. The fourth-order valence-electron chi connectivity index (χ4n) is 2.31. The summed E-state index contributed by atoms with van der Waals surface area (Å²) in [6.07, 6.45) is 5.19. The predicted molar refractivity (Wildman–Crippen MR) is 73.6 cm³/mol. The van der Waals surface area contributed by atoms with Crippen molar-refractivity contribution in [2.45, 2.75) is 44.9 Å². The lowest BCUT2D eigenvalue weighted by molar-refractivity contribution is -0.138. The highest BCUT2D eigenvalue weighted by Gasteiger charge is 2.32. The Balaban J connectivity index is 2.04. The summed E-state index contributed by atoms with van der Waals surface area (Å²) >= 11 is 1.66. The average Bonchev–Trinajstić information content (AvgIpc) is 2.87. The zero-order valence-electron chi connectivity index (χ0n) is 11.0. The number of carbonyl (C=O) groups is 1. The van der Waals surface area contributed by atoms with Crippen LogP contribution < -0.4 is 4.90 Å². The Morgan fingerprint density at radius 2 is 2.33 bits per heavy atom. The maximum atomic E-state index is 11.1. The van der Waals surface area contributed by atoms with Crippen LogP contribution in [0.4, 0.5) is 5.13 Å². The van der Waals surface area contributed by atoms with Crippen LogP contribution in [0.1, 0.15) is 49.1 Å². The number of rotatable bonds is 6. The van der Waals surface area contributed by atoms with E-state index in [4.69, 9.17) is 5.11 Å². The van der Waals surface area contributed by atoms with E-state index >= 15 is 0 Å². The molecule has 1 unspecified atom stereocenters. The summed E-state index contributed by atoms with van der Waals surface area (Å²) in [6, 6.07) is 0. The molecule has 0 aromatic carbocycles. The number of carboxylic acid groups (broad SMARTS) is 1. The van der Waals surface area contributed by atoms with E-state index in [1.54, 1.807) is 11.3 Å². The van der Waals surface area contributed by atoms with E-state index in [9.17, 15) is 4.79 Å². The van der Waals surface area contributed by atoms with Gasteiger partial charge in [-0.2, -0.15) is 0 Å². The van der Waals surface area contributed by atoms with E-state index in [1.165, 1.54) is 24.1 Å². The van der Waals surface area contributed by atoms with Gasteiger partial charge in [0.1, 0.15) is 5.92 Å². The van der Waals surface area contributed by atoms with Gasteiger partial charge >= 0.3 is 5.97 Å². The van der Waals surface area contributed by atoms with Crippen molar-refractivity contribution in [3.05, 3.63) is 10.6 Å². The monoisotopic (exact) mass is 268 g/mol. The quantitative estimate of drug-likeness (QED) is 0.806. The average molecular weight is 268 g/mol. The molecule has 5 heteroatoms. The third-order valence-electron chi connectivity index (χ3n) is 3.43. The van der Waals surface area contributed by atoms with Gasteiger partial charge in [-0.05, 0) is 19.3 Å². The zero-order valence-corrected chi connectivity index (χ0v) is 11.8. The summed E-state index contributed by atoms with van der Waals surface area (Å²) in [5, 5.41) is 10.1. The molecule has 0 spiro atoms. The Kier molecular flexibility index (Phi) is 4.22. The number of fused-ring (bicyclic) bond motifs is 1. The van der Waals surface area contributed by atoms with Gasteiger partial charge in [-0.25, -0.2) is 4.98 Å². The lowest BCUT2D eigenvalue weighted by Crippen LogP contribution is -2.18. The number of thiazole rings is 1. The van der Waals surface area contributed by atoms with Gasteiger partial charge in [-0.3, -0.25) is 4.79 Å². The Labute approximate surface area is 112 Å². The summed E-state index contributed by atoms with van der Waals surface area (Å²) < 4.78 is 0. The third-order valence-corrected chi connectivity index (χ3v) is 4.67. The largest absolute Gasteiger partial charge is 0.481 e.